The molecule has 1 aromatic heterocycles. The van der Waals surface area contributed by atoms with Gasteiger partial charge in [-0.05, 0) is 49.7 Å². The molecule has 0 bridgehead atoms. The SMILES string of the molecule is CCCCCCCCCCCCOc1cccc(OCC(COP(=O)(O)Oc2ccc(C[n+]3csc(C)c3)cc2)OC)c1. The number of aromatic nitrogens is 1. The van der Waals surface area contributed by atoms with Crippen LogP contribution >= 0.6 is 19.2 Å². The molecule has 0 radical (unpaired) electrons. The van der Waals surface area contributed by atoms with Gasteiger partial charge >= 0.3 is 7.82 Å². The fourth-order valence-corrected chi connectivity index (χ4v) is 5.97. The highest BCUT2D eigenvalue weighted by Gasteiger charge is 2.25. The molecular weight excluding hydrogens is 585 g/mol. The van der Waals surface area contributed by atoms with Crippen molar-refractivity contribution in [3.63, 3.8) is 0 Å². The van der Waals surface area contributed by atoms with E-state index in [0.717, 1.165) is 17.7 Å². The summed E-state index contributed by atoms with van der Waals surface area (Å²) in [4.78, 5) is 11.5. The summed E-state index contributed by atoms with van der Waals surface area (Å²) in [6.07, 6.45) is 14.4. The van der Waals surface area contributed by atoms with E-state index >= 15 is 0 Å². The molecule has 1 heterocycles. The number of ether oxygens (including phenoxy) is 3. The van der Waals surface area contributed by atoms with E-state index in [0.29, 0.717) is 18.9 Å². The highest BCUT2D eigenvalue weighted by molar-refractivity contribution is 7.47. The zero-order valence-electron chi connectivity index (χ0n) is 25.9. The van der Waals surface area contributed by atoms with E-state index < -0.39 is 13.9 Å². The molecule has 43 heavy (non-hydrogen) atoms. The summed E-state index contributed by atoms with van der Waals surface area (Å²) < 4.78 is 42.3. The third-order valence-electron chi connectivity index (χ3n) is 7.00. The molecule has 2 atom stereocenters. The minimum absolute atomic E-state index is 0.132. The lowest BCUT2D eigenvalue weighted by molar-refractivity contribution is -0.683. The molecule has 238 valence electrons. The first-order chi connectivity index (χ1) is 20.9. The van der Waals surface area contributed by atoms with E-state index in [9.17, 15) is 9.46 Å². The minimum atomic E-state index is -4.35. The van der Waals surface area contributed by atoms with Crippen molar-refractivity contribution in [3.05, 3.63) is 70.7 Å². The van der Waals surface area contributed by atoms with Crippen LogP contribution < -0.4 is 18.6 Å². The van der Waals surface area contributed by atoms with Crippen LogP contribution in [0.4, 0.5) is 0 Å². The lowest BCUT2D eigenvalue weighted by Gasteiger charge is -2.19. The van der Waals surface area contributed by atoms with Gasteiger partial charge in [-0.15, -0.1) is 0 Å². The average molecular weight is 635 g/mol. The van der Waals surface area contributed by atoms with Crippen LogP contribution in [-0.4, -0.2) is 37.9 Å². The van der Waals surface area contributed by atoms with E-state index in [1.807, 2.05) is 36.4 Å². The van der Waals surface area contributed by atoms with Gasteiger partial charge < -0.3 is 18.7 Å². The second kappa shape index (κ2) is 19.8. The van der Waals surface area contributed by atoms with E-state index in [-0.39, 0.29) is 19.0 Å². The second-order valence-corrected chi connectivity index (χ2v) is 13.3. The fraction of sp³-hybridized carbons (Fsp3) is 0.545. The van der Waals surface area contributed by atoms with Gasteiger partial charge in [0.05, 0.1) is 18.1 Å². The molecule has 0 aliphatic carbocycles. The van der Waals surface area contributed by atoms with Gasteiger partial charge in [-0.25, -0.2) is 4.57 Å². The summed E-state index contributed by atoms with van der Waals surface area (Å²) in [6.45, 7) is 5.66. The van der Waals surface area contributed by atoms with Gasteiger partial charge in [-0.1, -0.05) is 82.1 Å². The molecule has 0 saturated heterocycles. The fourth-order valence-electron chi connectivity index (χ4n) is 4.54. The zero-order chi connectivity index (χ0) is 30.8. The minimum Gasteiger partial charge on any atom is -0.493 e. The van der Waals surface area contributed by atoms with Crippen LogP contribution in [0.25, 0.3) is 0 Å². The van der Waals surface area contributed by atoms with Crippen LogP contribution in [0.2, 0.25) is 0 Å². The molecule has 10 heteroatoms. The molecule has 2 unspecified atom stereocenters. The standard InChI is InChI=1S/C33H48NO7PS/c1-4-5-6-7-8-9-10-11-12-13-21-38-31-15-14-16-32(22-31)39-25-33(37-3)26-40-42(35,36)41-30-19-17-29(18-20-30)24-34-23-28(2)43-27-34/h14-20,22-23,27,33H,4-13,21,24-26H2,1-3H3/p+1. The maximum absolute atomic E-state index is 12.5. The van der Waals surface area contributed by atoms with Crippen molar-refractivity contribution in [3.8, 4) is 17.2 Å². The Hall–Kier alpha value is -2.42. The number of rotatable bonds is 23. The summed E-state index contributed by atoms with van der Waals surface area (Å²) in [7, 11) is -2.86. The van der Waals surface area contributed by atoms with Gasteiger partial charge in [0.1, 0.15) is 30.0 Å². The van der Waals surface area contributed by atoms with E-state index in [4.69, 9.17) is 23.3 Å². The molecule has 0 saturated carbocycles. The average Bonchev–Trinajstić information content (AvgIpc) is 3.41. The van der Waals surface area contributed by atoms with Gasteiger partial charge in [-0.2, -0.15) is 4.57 Å². The van der Waals surface area contributed by atoms with E-state index in [1.54, 1.807) is 23.5 Å². The van der Waals surface area contributed by atoms with Gasteiger partial charge in [-0.3, -0.25) is 9.42 Å². The van der Waals surface area contributed by atoms with Gasteiger partial charge in [0.25, 0.3) is 0 Å². The molecule has 1 N–H and O–H groups in total. The third-order valence-corrected chi connectivity index (χ3v) is 8.77. The smallest absolute Gasteiger partial charge is 0.493 e. The number of benzene rings is 2. The predicted molar refractivity (Wildman–Crippen MR) is 171 cm³/mol. The number of phosphoric acid groups is 1. The van der Waals surface area contributed by atoms with E-state index in [1.165, 1.54) is 69.8 Å². The highest BCUT2D eigenvalue weighted by Crippen LogP contribution is 2.44. The van der Waals surface area contributed by atoms with Crippen LogP contribution in [0.5, 0.6) is 17.2 Å². The second-order valence-electron chi connectivity index (χ2n) is 10.8. The lowest BCUT2D eigenvalue weighted by atomic mass is 10.1. The molecule has 3 rings (SSSR count). The Morgan fingerprint density at radius 1 is 0.860 bits per heavy atom. The van der Waals surface area contributed by atoms with Crippen molar-refractivity contribution in [2.75, 3.05) is 26.9 Å². The molecule has 3 aromatic rings. The monoisotopic (exact) mass is 634 g/mol. The molecule has 0 fully saturated rings. The van der Waals surface area contributed by atoms with Crippen molar-refractivity contribution in [1.29, 1.82) is 0 Å². The maximum Gasteiger partial charge on any atom is 0.527 e. The van der Waals surface area contributed by atoms with E-state index in [2.05, 4.69) is 30.1 Å². The third kappa shape index (κ3) is 14.7. The zero-order valence-corrected chi connectivity index (χ0v) is 27.7. The van der Waals surface area contributed by atoms with Crippen molar-refractivity contribution in [2.24, 2.45) is 0 Å². The first-order valence-corrected chi connectivity index (χ1v) is 17.8. The first-order valence-electron chi connectivity index (χ1n) is 15.5. The van der Waals surface area contributed by atoms with Crippen LogP contribution in [0.3, 0.4) is 0 Å². The summed E-state index contributed by atoms with van der Waals surface area (Å²) >= 11 is 1.68. The largest absolute Gasteiger partial charge is 0.527 e. The molecule has 2 aromatic carbocycles. The molecule has 0 aliphatic heterocycles. The van der Waals surface area contributed by atoms with Gasteiger partial charge in [0.2, 0.25) is 5.51 Å². The number of thiazole rings is 1. The number of hydrogen-bond acceptors (Lipinski definition) is 7. The highest BCUT2D eigenvalue weighted by atomic mass is 32.1. The summed E-state index contributed by atoms with van der Waals surface area (Å²) in [6, 6.07) is 14.5. The van der Waals surface area contributed by atoms with Crippen LogP contribution in [-0.2, 0) is 20.4 Å². The molecule has 0 aliphatic rings. The van der Waals surface area contributed by atoms with Crippen molar-refractivity contribution in [1.82, 2.24) is 0 Å². The van der Waals surface area contributed by atoms with Crippen molar-refractivity contribution in [2.45, 2.75) is 90.7 Å². The van der Waals surface area contributed by atoms with Gasteiger partial charge in [0.15, 0.2) is 12.7 Å². The van der Waals surface area contributed by atoms with Crippen molar-refractivity contribution >= 4 is 19.2 Å². The van der Waals surface area contributed by atoms with Crippen LogP contribution in [0.15, 0.2) is 60.2 Å². The first kappa shape index (κ1) is 35.1. The molecule has 0 spiro atoms. The Balaban J connectivity index is 1.32. The number of hydrogen-bond donors (Lipinski definition) is 1. The lowest BCUT2D eigenvalue weighted by Crippen LogP contribution is -2.30. The Morgan fingerprint density at radius 3 is 2.14 bits per heavy atom. The number of nitrogens with zero attached hydrogens (tertiary/aromatic N) is 1. The Morgan fingerprint density at radius 2 is 1.51 bits per heavy atom. The number of phosphoric ester groups is 1. The number of aryl methyl sites for hydroxylation is 1. The topological polar surface area (TPSA) is 87.3 Å². The van der Waals surface area contributed by atoms with Gasteiger partial charge in [0, 0.05) is 18.7 Å². The Labute approximate surface area is 261 Å². The quantitative estimate of drug-likeness (QED) is 0.0638. The maximum atomic E-state index is 12.5. The molecular formula is C33H49NO7PS+. The Kier molecular flexibility index (Phi) is 16.1. The summed E-state index contributed by atoms with van der Waals surface area (Å²) in [5, 5.41) is 0. The molecule has 8 nitrogen and oxygen atoms in total. The number of unbranched alkanes of at least 4 members (excludes halogenated alkanes) is 9. The van der Waals surface area contributed by atoms with Crippen LogP contribution in [0, 0.1) is 6.92 Å². The van der Waals surface area contributed by atoms with Crippen LogP contribution in [0.1, 0.15) is 81.6 Å². The van der Waals surface area contributed by atoms with Crippen molar-refractivity contribution < 1.29 is 37.3 Å². The Bertz CT molecular complexity index is 1220. The normalized spacial score (nSPS) is 13.4. The summed E-state index contributed by atoms with van der Waals surface area (Å²) in [5.74, 6) is 1.63. The predicted octanol–water partition coefficient (Wildman–Crippen LogP) is 8.28. The number of methoxy groups -OCH3 is 1. The summed E-state index contributed by atoms with van der Waals surface area (Å²) in [5.41, 5.74) is 3.10. The molecule has 0 amide bonds.